The summed E-state index contributed by atoms with van der Waals surface area (Å²) in [4.78, 5) is 0. The van der Waals surface area contributed by atoms with Crippen LogP contribution in [0.3, 0.4) is 0 Å². The predicted octanol–water partition coefficient (Wildman–Crippen LogP) is 2.03. The molecule has 0 saturated carbocycles. The molecule has 0 radical (unpaired) electrons. The summed E-state index contributed by atoms with van der Waals surface area (Å²) in [6.45, 7) is 5.26. The first kappa shape index (κ1) is 13.7. The van der Waals surface area contributed by atoms with E-state index >= 15 is 0 Å². The molecule has 0 fully saturated rings. The molecule has 3 nitrogen and oxygen atoms in total. The van der Waals surface area contributed by atoms with Crippen molar-refractivity contribution in [3.63, 3.8) is 0 Å². The lowest BCUT2D eigenvalue weighted by atomic mass is 9.95. The van der Waals surface area contributed by atoms with Gasteiger partial charge in [0, 0.05) is 6.04 Å². The molecule has 2 N–H and O–H groups in total. The van der Waals surface area contributed by atoms with Crippen LogP contribution < -0.4 is 5.73 Å². The lowest BCUT2D eigenvalue weighted by Crippen LogP contribution is -2.30. The number of sulfone groups is 1. The number of hydrogen-bond donors (Lipinski definition) is 1. The number of rotatable bonds is 3. The first-order valence-corrected chi connectivity index (χ1v) is 7.55. The fraction of sp³-hybridized carbons (Fsp3) is 0.833. The van der Waals surface area contributed by atoms with Crippen LogP contribution in [0.1, 0.15) is 46.5 Å². The van der Waals surface area contributed by atoms with Gasteiger partial charge in [0.1, 0.15) is 0 Å². The van der Waals surface area contributed by atoms with Crippen molar-refractivity contribution in [3.05, 3.63) is 11.6 Å². The average Bonchev–Trinajstić information content (AvgIpc) is 2.13. The highest BCUT2D eigenvalue weighted by molar-refractivity contribution is 7.92. The van der Waals surface area contributed by atoms with Crippen LogP contribution in [0.2, 0.25) is 0 Å². The Labute approximate surface area is 99.0 Å². The molecular weight excluding hydrogens is 222 g/mol. The van der Waals surface area contributed by atoms with Gasteiger partial charge in [0.15, 0.2) is 9.84 Å². The molecule has 0 amide bonds. The molecule has 16 heavy (non-hydrogen) atoms. The van der Waals surface area contributed by atoms with Gasteiger partial charge in [0.05, 0.1) is 10.5 Å². The molecule has 1 aliphatic carbocycles. The molecule has 0 spiro atoms. The maximum atomic E-state index is 11.9. The fourth-order valence-corrected chi connectivity index (χ4v) is 2.96. The molecule has 94 valence electrons. The standard InChI is InChI=1S/C12H23NO2S/c1-12(2,3)16(14,15)8-7-10-5-4-6-11(13)9-10/h9,11H,4-8,13H2,1-3H3. The van der Waals surface area contributed by atoms with E-state index in [0.29, 0.717) is 6.42 Å². The van der Waals surface area contributed by atoms with Gasteiger partial charge in [-0.25, -0.2) is 8.42 Å². The summed E-state index contributed by atoms with van der Waals surface area (Å²) in [6.07, 6.45) is 5.81. The summed E-state index contributed by atoms with van der Waals surface area (Å²) in [5.74, 6) is 0.245. The van der Waals surface area contributed by atoms with Crippen molar-refractivity contribution in [1.29, 1.82) is 0 Å². The predicted molar refractivity (Wildman–Crippen MR) is 68.1 cm³/mol. The van der Waals surface area contributed by atoms with E-state index in [1.54, 1.807) is 20.8 Å². The molecule has 4 heteroatoms. The third kappa shape index (κ3) is 3.59. The van der Waals surface area contributed by atoms with Gasteiger partial charge >= 0.3 is 0 Å². The van der Waals surface area contributed by atoms with Gasteiger partial charge in [-0.3, -0.25) is 0 Å². The van der Waals surface area contributed by atoms with Gasteiger partial charge in [0.25, 0.3) is 0 Å². The first-order valence-electron chi connectivity index (χ1n) is 5.90. The van der Waals surface area contributed by atoms with Crippen molar-refractivity contribution < 1.29 is 8.42 Å². The minimum atomic E-state index is -3.00. The topological polar surface area (TPSA) is 60.2 Å². The van der Waals surface area contributed by atoms with Crippen LogP contribution in [0.4, 0.5) is 0 Å². The molecule has 0 aliphatic heterocycles. The second-order valence-corrected chi connectivity index (χ2v) is 8.42. The highest BCUT2D eigenvalue weighted by Gasteiger charge is 2.28. The smallest absolute Gasteiger partial charge is 0.155 e. The van der Waals surface area contributed by atoms with Crippen LogP contribution in [0, 0.1) is 0 Å². The van der Waals surface area contributed by atoms with E-state index in [-0.39, 0.29) is 11.8 Å². The molecule has 0 aromatic rings. The Morgan fingerprint density at radius 2 is 2.06 bits per heavy atom. The summed E-state index contributed by atoms with van der Waals surface area (Å²) >= 11 is 0. The van der Waals surface area contributed by atoms with Crippen LogP contribution in [-0.4, -0.2) is 25.0 Å². The SMILES string of the molecule is CC(C)(C)S(=O)(=O)CCC1=CC(N)CCC1. The Morgan fingerprint density at radius 3 is 2.56 bits per heavy atom. The summed E-state index contributed by atoms with van der Waals surface area (Å²) in [5.41, 5.74) is 7.04. The van der Waals surface area contributed by atoms with Crippen molar-refractivity contribution in [2.45, 2.75) is 57.2 Å². The minimum Gasteiger partial charge on any atom is -0.324 e. The van der Waals surface area contributed by atoms with Crippen LogP contribution in [-0.2, 0) is 9.84 Å². The van der Waals surface area contributed by atoms with Crippen LogP contribution in [0.5, 0.6) is 0 Å². The minimum absolute atomic E-state index is 0.126. The normalized spacial score (nSPS) is 23.0. The monoisotopic (exact) mass is 245 g/mol. The lowest BCUT2D eigenvalue weighted by molar-refractivity contribution is 0.556. The van der Waals surface area contributed by atoms with Crippen LogP contribution in [0.25, 0.3) is 0 Å². The number of nitrogens with two attached hydrogens (primary N) is 1. The highest BCUT2D eigenvalue weighted by Crippen LogP contribution is 2.23. The second-order valence-electron chi connectivity index (χ2n) is 5.56. The van der Waals surface area contributed by atoms with Crippen molar-refractivity contribution in [2.24, 2.45) is 5.73 Å². The average molecular weight is 245 g/mol. The third-order valence-electron chi connectivity index (χ3n) is 3.11. The number of allylic oxidation sites excluding steroid dienone is 1. The van der Waals surface area contributed by atoms with Gasteiger partial charge in [-0.05, 0) is 46.5 Å². The zero-order valence-corrected chi connectivity index (χ0v) is 11.3. The summed E-state index contributed by atoms with van der Waals surface area (Å²) in [5, 5.41) is 0. The first-order chi connectivity index (χ1) is 7.22. The van der Waals surface area contributed by atoms with Gasteiger partial charge in [-0.2, -0.15) is 0 Å². The van der Waals surface area contributed by atoms with Crippen LogP contribution >= 0.6 is 0 Å². The lowest BCUT2D eigenvalue weighted by Gasteiger charge is -2.21. The molecule has 1 rings (SSSR count). The van der Waals surface area contributed by atoms with Crippen molar-refractivity contribution >= 4 is 9.84 Å². The number of hydrogen-bond acceptors (Lipinski definition) is 3. The molecule has 0 aromatic heterocycles. The molecule has 0 heterocycles. The molecular formula is C12H23NO2S. The van der Waals surface area contributed by atoms with Gasteiger partial charge in [-0.15, -0.1) is 0 Å². The summed E-state index contributed by atoms with van der Waals surface area (Å²) < 4.78 is 23.2. The van der Waals surface area contributed by atoms with Crippen molar-refractivity contribution in [1.82, 2.24) is 0 Å². The molecule has 0 saturated heterocycles. The molecule has 1 aliphatic rings. The highest BCUT2D eigenvalue weighted by atomic mass is 32.2. The maximum Gasteiger partial charge on any atom is 0.155 e. The van der Waals surface area contributed by atoms with E-state index in [4.69, 9.17) is 5.73 Å². The molecule has 1 atom stereocenters. The Morgan fingerprint density at radius 1 is 1.44 bits per heavy atom. The fourth-order valence-electron chi connectivity index (χ4n) is 1.81. The molecule has 1 unspecified atom stereocenters. The molecule has 0 aromatic carbocycles. The van der Waals surface area contributed by atoms with E-state index in [0.717, 1.165) is 19.3 Å². The quantitative estimate of drug-likeness (QED) is 0.774. The van der Waals surface area contributed by atoms with E-state index in [1.807, 2.05) is 6.08 Å². The van der Waals surface area contributed by atoms with Gasteiger partial charge < -0.3 is 5.73 Å². The zero-order chi connectivity index (χ0) is 12.4. The second kappa shape index (κ2) is 4.88. The van der Waals surface area contributed by atoms with E-state index in [1.165, 1.54) is 5.57 Å². The third-order valence-corrected chi connectivity index (χ3v) is 5.72. The largest absolute Gasteiger partial charge is 0.324 e. The Kier molecular flexibility index (Phi) is 4.18. The van der Waals surface area contributed by atoms with Crippen LogP contribution in [0.15, 0.2) is 11.6 Å². The Bertz CT molecular complexity index is 363. The molecule has 0 bridgehead atoms. The zero-order valence-electron chi connectivity index (χ0n) is 10.5. The van der Waals surface area contributed by atoms with Crippen molar-refractivity contribution in [3.8, 4) is 0 Å². The van der Waals surface area contributed by atoms with E-state index < -0.39 is 14.6 Å². The maximum absolute atomic E-state index is 11.9. The van der Waals surface area contributed by atoms with Crippen molar-refractivity contribution in [2.75, 3.05) is 5.75 Å². The Hall–Kier alpha value is -0.350. The van der Waals surface area contributed by atoms with Gasteiger partial charge in [0.2, 0.25) is 0 Å². The van der Waals surface area contributed by atoms with Gasteiger partial charge in [-0.1, -0.05) is 11.6 Å². The van der Waals surface area contributed by atoms with E-state index in [9.17, 15) is 8.42 Å². The Balaban J connectivity index is 2.59. The van der Waals surface area contributed by atoms with E-state index in [2.05, 4.69) is 0 Å². The summed E-state index contributed by atoms with van der Waals surface area (Å²) in [6, 6.07) is 0.126. The summed E-state index contributed by atoms with van der Waals surface area (Å²) in [7, 11) is -3.00.